The van der Waals surface area contributed by atoms with Gasteiger partial charge in [-0.3, -0.25) is 9.71 Å². The third kappa shape index (κ3) is 3.74. The molecule has 5 nitrogen and oxygen atoms in total. The molecule has 2 aromatic carbocycles. The first-order valence-corrected chi connectivity index (χ1v) is 9.49. The first-order chi connectivity index (χ1) is 11.9. The van der Waals surface area contributed by atoms with E-state index in [1.54, 1.807) is 30.5 Å². The molecule has 3 aromatic rings. The number of nitrogens with one attached hydrogen (secondary N) is 1. The van der Waals surface area contributed by atoms with Gasteiger partial charge >= 0.3 is 0 Å². The van der Waals surface area contributed by atoms with Crippen LogP contribution in [0.25, 0.3) is 10.8 Å². The molecule has 0 aliphatic carbocycles. The molecule has 6 heteroatoms. The number of hydrogen-bond acceptors (Lipinski definition) is 4. The van der Waals surface area contributed by atoms with Crippen LogP contribution in [0, 0.1) is 6.92 Å². The van der Waals surface area contributed by atoms with Crippen LogP contribution < -0.4 is 9.46 Å². The van der Waals surface area contributed by atoms with Crippen molar-refractivity contribution in [3.63, 3.8) is 0 Å². The summed E-state index contributed by atoms with van der Waals surface area (Å²) in [4.78, 5) is 4.43. The number of hydrogen-bond donors (Lipinski definition) is 1. The monoisotopic (exact) mass is 356 g/mol. The SMILES string of the molecule is Cc1nccc2c(NS(=O)(=O)c3ccc(OC(C)C)cc3)cccc12. The van der Waals surface area contributed by atoms with Gasteiger partial charge in [0.15, 0.2) is 0 Å². The Labute approximate surface area is 147 Å². The number of aryl methyl sites for hydroxylation is 1. The van der Waals surface area contributed by atoms with Crippen molar-refractivity contribution in [1.29, 1.82) is 0 Å². The number of anilines is 1. The Balaban J connectivity index is 1.93. The molecule has 25 heavy (non-hydrogen) atoms. The fourth-order valence-corrected chi connectivity index (χ4v) is 3.70. The summed E-state index contributed by atoms with van der Waals surface area (Å²) < 4.78 is 33.6. The van der Waals surface area contributed by atoms with Crippen LogP contribution in [0.4, 0.5) is 5.69 Å². The van der Waals surface area contributed by atoms with Gasteiger partial charge in [0.2, 0.25) is 0 Å². The first kappa shape index (κ1) is 17.2. The van der Waals surface area contributed by atoms with E-state index in [2.05, 4.69) is 9.71 Å². The van der Waals surface area contributed by atoms with Crippen molar-refractivity contribution in [3.05, 3.63) is 60.4 Å². The number of sulfonamides is 1. The second-order valence-corrected chi connectivity index (χ2v) is 7.72. The highest BCUT2D eigenvalue weighted by Crippen LogP contribution is 2.27. The van der Waals surface area contributed by atoms with Gasteiger partial charge in [0.05, 0.1) is 16.7 Å². The average Bonchev–Trinajstić information content (AvgIpc) is 2.55. The second-order valence-electron chi connectivity index (χ2n) is 6.04. The standard InChI is InChI=1S/C19H20N2O3S/c1-13(2)24-15-7-9-16(10-8-15)25(22,23)21-19-6-4-5-17-14(3)20-12-11-18(17)19/h4-13,21H,1-3H3. The lowest BCUT2D eigenvalue weighted by molar-refractivity contribution is 0.242. The van der Waals surface area contributed by atoms with E-state index < -0.39 is 10.0 Å². The zero-order valence-electron chi connectivity index (χ0n) is 14.4. The van der Waals surface area contributed by atoms with Crippen molar-refractivity contribution >= 4 is 26.5 Å². The maximum Gasteiger partial charge on any atom is 0.261 e. The molecular formula is C19H20N2O3S. The number of rotatable bonds is 5. The third-order valence-corrected chi connectivity index (χ3v) is 5.14. The second kappa shape index (κ2) is 6.72. The minimum Gasteiger partial charge on any atom is -0.491 e. The summed E-state index contributed by atoms with van der Waals surface area (Å²) in [6.07, 6.45) is 1.71. The molecule has 1 N–H and O–H groups in total. The number of pyridine rings is 1. The lowest BCUT2D eigenvalue weighted by Crippen LogP contribution is -2.13. The van der Waals surface area contributed by atoms with E-state index in [4.69, 9.17) is 4.74 Å². The smallest absolute Gasteiger partial charge is 0.261 e. The molecule has 0 spiro atoms. The summed E-state index contributed by atoms with van der Waals surface area (Å²) in [7, 11) is -3.69. The summed E-state index contributed by atoms with van der Waals surface area (Å²) >= 11 is 0. The molecule has 1 heterocycles. The summed E-state index contributed by atoms with van der Waals surface area (Å²) in [5.74, 6) is 0.640. The van der Waals surface area contributed by atoms with E-state index in [-0.39, 0.29) is 11.0 Å². The number of nitrogens with zero attached hydrogens (tertiary/aromatic N) is 1. The lowest BCUT2D eigenvalue weighted by Gasteiger charge is -2.13. The molecular weight excluding hydrogens is 336 g/mol. The molecule has 0 atom stereocenters. The van der Waals surface area contributed by atoms with Gasteiger partial charge in [0.25, 0.3) is 10.0 Å². The van der Waals surface area contributed by atoms with Crippen molar-refractivity contribution in [3.8, 4) is 5.75 Å². The molecule has 0 fully saturated rings. The number of aromatic nitrogens is 1. The van der Waals surface area contributed by atoms with Crippen molar-refractivity contribution in [2.45, 2.75) is 31.8 Å². The van der Waals surface area contributed by atoms with E-state index in [1.165, 1.54) is 12.1 Å². The Bertz CT molecular complexity index is 997. The fraction of sp³-hybridized carbons (Fsp3) is 0.211. The predicted molar refractivity (Wildman–Crippen MR) is 99.5 cm³/mol. The summed E-state index contributed by atoms with van der Waals surface area (Å²) in [5.41, 5.74) is 1.39. The van der Waals surface area contributed by atoms with Crippen LogP contribution in [0.5, 0.6) is 5.75 Å². The van der Waals surface area contributed by atoms with Gasteiger partial charge < -0.3 is 4.74 Å². The molecule has 130 valence electrons. The molecule has 0 saturated carbocycles. The van der Waals surface area contributed by atoms with Crippen molar-refractivity contribution in [2.24, 2.45) is 0 Å². The van der Waals surface area contributed by atoms with Gasteiger partial charge in [0.1, 0.15) is 5.75 Å². The molecule has 0 radical (unpaired) electrons. The van der Waals surface area contributed by atoms with E-state index in [1.807, 2.05) is 32.9 Å². The van der Waals surface area contributed by atoms with Gasteiger partial charge in [-0.2, -0.15) is 0 Å². The van der Waals surface area contributed by atoms with Crippen LogP contribution in [0.2, 0.25) is 0 Å². The average molecular weight is 356 g/mol. The Kier molecular flexibility index (Phi) is 4.63. The van der Waals surface area contributed by atoms with Gasteiger partial charge in [0, 0.05) is 22.7 Å². The zero-order chi connectivity index (χ0) is 18.0. The van der Waals surface area contributed by atoms with Crippen molar-refractivity contribution in [2.75, 3.05) is 4.72 Å². The van der Waals surface area contributed by atoms with Crippen LogP contribution in [-0.2, 0) is 10.0 Å². The van der Waals surface area contributed by atoms with Gasteiger partial charge in [-0.1, -0.05) is 12.1 Å². The molecule has 0 aliphatic rings. The summed E-state index contributed by atoms with van der Waals surface area (Å²) in [5, 5.41) is 1.74. The Morgan fingerprint density at radius 1 is 1.00 bits per heavy atom. The fourth-order valence-electron chi connectivity index (χ4n) is 2.62. The van der Waals surface area contributed by atoms with Gasteiger partial charge in [-0.25, -0.2) is 8.42 Å². The number of ether oxygens (including phenoxy) is 1. The highest BCUT2D eigenvalue weighted by molar-refractivity contribution is 7.92. The molecule has 3 rings (SSSR count). The largest absolute Gasteiger partial charge is 0.491 e. The third-order valence-electron chi connectivity index (χ3n) is 3.76. The van der Waals surface area contributed by atoms with E-state index >= 15 is 0 Å². The molecule has 0 bridgehead atoms. The van der Waals surface area contributed by atoms with E-state index in [0.29, 0.717) is 11.4 Å². The maximum absolute atomic E-state index is 12.7. The molecule has 0 amide bonds. The van der Waals surface area contributed by atoms with E-state index in [9.17, 15) is 8.42 Å². The van der Waals surface area contributed by atoms with Gasteiger partial charge in [-0.05, 0) is 57.2 Å². The maximum atomic E-state index is 12.7. The molecule has 0 saturated heterocycles. The molecule has 0 aliphatic heterocycles. The van der Waals surface area contributed by atoms with Gasteiger partial charge in [-0.15, -0.1) is 0 Å². The zero-order valence-corrected chi connectivity index (χ0v) is 15.2. The predicted octanol–water partition coefficient (Wildman–Crippen LogP) is 4.13. The minimum absolute atomic E-state index is 0.0353. The topological polar surface area (TPSA) is 68.3 Å². The Hall–Kier alpha value is -2.60. The van der Waals surface area contributed by atoms with Crippen LogP contribution in [0.15, 0.2) is 59.6 Å². The Morgan fingerprint density at radius 3 is 2.40 bits per heavy atom. The highest BCUT2D eigenvalue weighted by atomic mass is 32.2. The quantitative estimate of drug-likeness (QED) is 0.746. The highest BCUT2D eigenvalue weighted by Gasteiger charge is 2.16. The minimum atomic E-state index is -3.69. The van der Waals surface area contributed by atoms with Crippen LogP contribution >= 0.6 is 0 Å². The normalized spacial score (nSPS) is 11.7. The first-order valence-electron chi connectivity index (χ1n) is 8.01. The summed E-state index contributed by atoms with van der Waals surface area (Å²) in [6, 6.07) is 13.7. The molecule has 0 unspecified atom stereocenters. The Morgan fingerprint density at radius 2 is 1.72 bits per heavy atom. The van der Waals surface area contributed by atoms with Crippen LogP contribution in [-0.4, -0.2) is 19.5 Å². The van der Waals surface area contributed by atoms with Crippen molar-refractivity contribution in [1.82, 2.24) is 4.98 Å². The number of fused-ring (bicyclic) bond motifs is 1. The lowest BCUT2D eigenvalue weighted by atomic mass is 10.1. The van der Waals surface area contributed by atoms with E-state index in [0.717, 1.165) is 16.5 Å². The molecule has 1 aromatic heterocycles. The summed E-state index contributed by atoms with van der Waals surface area (Å²) in [6.45, 7) is 5.74. The number of benzene rings is 2. The van der Waals surface area contributed by atoms with Crippen molar-refractivity contribution < 1.29 is 13.2 Å². The van der Waals surface area contributed by atoms with Crippen LogP contribution in [0.1, 0.15) is 19.5 Å². The van der Waals surface area contributed by atoms with Crippen LogP contribution in [0.3, 0.4) is 0 Å².